The van der Waals surface area contributed by atoms with Crippen molar-refractivity contribution in [3.8, 4) is 0 Å². The highest BCUT2D eigenvalue weighted by molar-refractivity contribution is 7.80. The van der Waals surface area contributed by atoms with Crippen molar-refractivity contribution in [2.75, 3.05) is 6.61 Å². The molecule has 1 aromatic rings. The second-order valence-corrected chi connectivity index (χ2v) is 6.14. The standard InChI is InChI=1S/C17H19FN2O2S/c1-3-22-16(21)14-10(2)20(13-7-8-13)17(23)19-15(14)11-5-4-6-12(18)9-11/h4-6,9,13,15H,3,7-8H2,1-2H3,(H,19,23)/t15-/m1/s1. The number of allylic oxidation sites excluding steroid dienone is 1. The van der Waals surface area contributed by atoms with E-state index in [4.69, 9.17) is 17.0 Å². The molecule has 6 heteroatoms. The molecule has 23 heavy (non-hydrogen) atoms. The molecule has 0 aromatic heterocycles. The number of nitrogens with one attached hydrogen (secondary N) is 1. The highest BCUT2D eigenvalue weighted by Gasteiger charge is 2.40. The highest BCUT2D eigenvalue weighted by atomic mass is 32.1. The molecule has 1 saturated carbocycles. The molecular weight excluding hydrogens is 315 g/mol. The number of rotatable bonds is 4. The van der Waals surface area contributed by atoms with Crippen molar-refractivity contribution in [3.05, 3.63) is 46.9 Å². The van der Waals surface area contributed by atoms with Crippen LogP contribution >= 0.6 is 12.2 Å². The molecule has 1 fully saturated rings. The van der Waals surface area contributed by atoms with Gasteiger partial charge in [-0.05, 0) is 56.6 Å². The quantitative estimate of drug-likeness (QED) is 0.677. The summed E-state index contributed by atoms with van der Waals surface area (Å²) in [5.74, 6) is -0.736. The zero-order valence-electron chi connectivity index (χ0n) is 13.1. The van der Waals surface area contributed by atoms with Gasteiger partial charge in [-0.15, -0.1) is 0 Å². The molecule has 4 nitrogen and oxygen atoms in total. The van der Waals surface area contributed by atoms with Crippen LogP contribution in [0.3, 0.4) is 0 Å². The number of nitrogens with zero attached hydrogens (tertiary/aromatic N) is 1. The fourth-order valence-electron chi connectivity index (χ4n) is 2.94. The van der Waals surface area contributed by atoms with E-state index in [0.717, 1.165) is 18.5 Å². The zero-order chi connectivity index (χ0) is 16.6. The summed E-state index contributed by atoms with van der Waals surface area (Å²) in [6.45, 7) is 3.94. The van der Waals surface area contributed by atoms with Crippen LogP contribution in [-0.2, 0) is 9.53 Å². The number of hydrogen-bond donors (Lipinski definition) is 1. The van der Waals surface area contributed by atoms with E-state index in [1.54, 1.807) is 19.1 Å². The Balaban J connectivity index is 2.06. The van der Waals surface area contributed by atoms with E-state index < -0.39 is 6.04 Å². The SMILES string of the molecule is CCOC(=O)C1=C(C)N(C2CC2)C(=S)N[C@@H]1c1cccc(F)c1. The van der Waals surface area contributed by atoms with Crippen molar-refractivity contribution < 1.29 is 13.9 Å². The fraction of sp³-hybridized carbons (Fsp3) is 0.412. The number of hydrogen-bond acceptors (Lipinski definition) is 3. The van der Waals surface area contributed by atoms with Crippen LogP contribution in [0.25, 0.3) is 0 Å². The van der Waals surface area contributed by atoms with Crippen LogP contribution in [0.5, 0.6) is 0 Å². The molecule has 0 unspecified atom stereocenters. The van der Waals surface area contributed by atoms with E-state index in [-0.39, 0.29) is 11.8 Å². The first-order valence-electron chi connectivity index (χ1n) is 7.76. The van der Waals surface area contributed by atoms with Crippen LogP contribution in [0.15, 0.2) is 35.5 Å². The molecule has 1 aliphatic carbocycles. The Morgan fingerprint density at radius 1 is 1.48 bits per heavy atom. The Labute approximate surface area is 140 Å². The molecule has 0 amide bonds. The Hall–Kier alpha value is -1.95. The second-order valence-electron chi connectivity index (χ2n) is 5.76. The number of esters is 1. The Bertz CT molecular complexity index is 685. The smallest absolute Gasteiger partial charge is 0.338 e. The normalized spacial score (nSPS) is 21.3. The summed E-state index contributed by atoms with van der Waals surface area (Å²) < 4.78 is 18.8. The van der Waals surface area contributed by atoms with E-state index in [2.05, 4.69) is 5.32 Å². The molecule has 0 saturated heterocycles. The fourth-order valence-corrected chi connectivity index (χ4v) is 3.34. The molecule has 1 heterocycles. The maximum atomic E-state index is 13.6. The third-order valence-electron chi connectivity index (χ3n) is 4.12. The minimum Gasteiger partial charge on any atom is -0.463 e. The lowest BCUT2D eigenvalue weighted by molar-refractivity contribution is -0.139. The summed E-state index contributed by atoms with van der Waals surface area (Å²) in [6, 6.07) is 6.05. The maximum Gasteiger partial charge on any atom is 0.338 e. The summed E-state index contributed by atoms with van der Waals surface area (Å²) in [7, 11) is 0. The summed E-state index contributed by atoms with van der Waals surface area (Å²) in [4.78, 5) is 14.5. The number of carbonyl (C=O) groups is 1. The summed E-state index contributed by atoms with van der Waals surface area (Å²) >= 11 is 5.47. The molecule has 0 bridgehead atoms. The van der Waals surface area contributed by atoms with Crippen LogP contribution in [0, 0.1) is 5.82 Å². The second kappa shape index (κ2) is 6.28. The molecule has 122 valence electrons. The maximum absolute atomic E-state index is 13.6. The van der Waals surface area contributed by atoms with Crippen molar-refractivity contribution in [1.82, 2.24) is 10.2 Å². The van der Waals surface area contributed by atoms with Crippen LogP contribution in [0.1, 0.15) is 38.3 Å². The van der Waals surface area contributed by atoms with Gasteiger partial charge in [-0.1, -0.05) is 12.1 Å². The molecule has 1 aliphatic heterocycles. The highest BCUT2D eigenvalue weighted by Crippen LogP contribution is 2.38. The monoisotopic (exact) mass is 334 g/mol. The number of benzene rings is 1. The van der Waals surface area contributed by atoms with Crippen molar-refractivity contribution >= 4 is 23.3 Å². The third-order valence-corrected chi connectivity index (χ3v) is 4.43. The summed E-state index contributed by atoms with van der Waals surface area (Å²) in [6.07, 6.45) is 2.11. The van der Waals surface area contributed by atoms with Crippen LogP contribution < -0.4 is 5.32 Å². The number of halogens is 1. The molecule has 1 N–H and O–H groups in total. The average Bonchev–Trinajstić information content (AvgIpc) is 3.31. The lowest BCUT2D eigenvalue weighted by Gasteiger charge is -2.37. The molecule has 0 spiro atoms. The minimum atomic E-state index is -0.493. The van der Waals surface area contributed by atoms with Gasteiger partial charge in [0.15, 0.2) is 5.11 Å². The zero-order valence-corrected chi connectivity index (χ0v) is 14.0. The van der Waals surface area contributed by atoms with Gasteiger partial charge in [-0.2, -0.15) is 0 Å². The topological polar surface area (TPSA) is 41.6 Å². The summed E-state index contributed by atoms with van der Waals surface area (Å²) in [5, 5.41) is 3.76. The minimum absolute atomic E-state index is 0.291. The van der Waals surface area contributed by atoms with Gasteiger partial charge < -0.3 is 15.0 Å². The Morgan fingerprint density at radius 3 is 2.83 bits per heavy atom. The first-order valence-corrected chi connectivity index (χ1v) is 8.16. The van der Waals surface area contributed by atoms with E-state index in [0.29, 0.717) is 28.9 Å². The summed E-state index contributed by atoms with van der Waals surface area (Å²) in [5.41, 5.74) is 1.95. The predicted octanol–water partition coefficient (Wildman–Crippen LogP) is 3.06. The van der Waals surface area contributed by atoms with E-state index >= 15 is 0 Å². The van der Waals surface area contributed by atoms with Crippen LogP contribution in [-0.4, -0.2) is 28.6 Å². The van der Waals surface area contributed by atoms with Gasteiger partial charge in [0, 0.05) is 11.7 Å². The van der Waals surface area contributed by atoms with Crippen LogP contribution in [0.4, 0.5) is 4.39 Å². The predicted molar refractivity (Wildman–Crippen MR) is 89.1 cm³/mol. The molecule has 1 aromatic carbocycles. The van der Waals surface area contributed by atoms with E-state index in [1.165, 1.54) is 12.1 Å². The van der Waals surface area contributed by atoms with Gasteiger partial charge in [0.2, 0.25) is 0 Å². The van der Waals surface area contributed by atoms with Crippen molar-refractivity contribution in [1.29, 1.82) is 0 Å². The number of thiocarbonyl (C=S) groups is 1. The molecule has 1 atom stereocenters. The van der Waals surface area contributed by atoms with E-state index in [1.807, 2.05) is 11.8 Å². The number of carbonyl (C=O) groups excluding carboxylic acids is 1. The van der Waals surface area contributed by atoms with Crippen LogP contribution in [0.2, 0.25) is 0 Å². The first-order chi connectivity index (χ1) is 11.0. The van der Waals surface area contributed by atoms with Gasteiger partial charge >= 0.3 is 5.97 Å². The molecule has 0 radical (unpaired) electrons. The van der Waals surface area contributed by atoms with Crippen molar-refractivity contribution in [2.45, 2.75) is 38.8 Å². The largest absolute Gasteiger partial charge is 0.463 e. The van der Waals surface area contributed by atoms with E-state index in [9.17, 15) is 9.18 Å². The first kappa shape index (κ1) is 15.9. The average molecular weight is 334 g/mol. The molecular formula is C17H19FN2O2S. The molecule has 2 aliphatic rings. The Kier molecular flexibility index (Phi) is 4.35. The van der Waals surface area contributed by atoms with Crippen molar-refractivity contribution in [2.24, 2.45) is 0 Å². The lowest BCUT2D eigenvalue weighted by atomic mass is 9.95. The van der Waals surface area contributed by atoms with Gasteiger partial charge in [0.1, 0.15) is 5.82 Å². The lowest BCUT2D eigenvalue weighted by Crippen LogP contribution is -2.48. The van der Waals surface area contributed by atoms with Gasteiger partial charge in [-0.25, -0.2) is 9.18 Å². The molecule has 3 rings (SSSR count). The van der Waals surface area contributed by atoms with Gasteiger partial charge in [0.05, 0.1) is 18.2 Å². The van der Waals surface area contributed by atoms with Crippen molar-refractivity contribution in [3.63, 3.8) is 0 Å². The Morgan fingerprint density at radius 2 is 2.22 bits per heavy atom. The third kappa shape index (κ3) is 3.08. The van der Waals surface area contributed by atoms with Gasteiger partial charge in [0.25, 0.3) is 0 Å². The number of ether oxygens (including phenoxy) is 1. The van der Waals surface area contributed by atoms with Gasteiger partial charge in [-0.3, -0.25) is 0 Å².